The molecule has 3 heterocycles. The first-order chi connectivity index (χ1) is 8.54. The molecule has 0 fully saturated rings. The second kappa shape index (κ2) is 3.84. The Hall–Kier alpha value is -1.82. The first kappa shape index (κ1) is 11.3. The molecule has 0 aromatic carbocycles. The molecule has 0 saturated heterocycles. The van der Waals surface area contributed by atoms with Crippen LogP contribution in [-0.2, 0) is 6.18 Å². The van der Waals surface area contributed by atoms with Gasteiger partial charge in [0.2, 0.25) is 0 Å². The van der Waals surface area contributed by atoms with Crippen LogP contribution in [0.4, 0.5) is 13.2 Å². The second-order valence-electron chi connectivity index (χ2n) is 3.82. The summed E-state index contributed by atoms with van der Waals surface area (Å²) < 4.78 is 39.0. The van der Waals surface area contributed by atoms with Crippen LogP contribution in [0.15, 0.2) is 41.4 Å². The maximum absolute atomic E-state index is 12.5. The summed E-state index contributed by atoms with van der Waals surface area (Å²) in [4.78, 5) is 3.60. The molecule has 0 aliphatic rings. The van der Waals surface area contributed by atoms with Gasteiger partial charge in [0, 0.05) is 12.4 Å². The minimum absolute atomic E-state index is 0.297. The minimum Gasteiger partial charge on any atom is -0.306 e. The van der Waals surface area contributed by atoms with E-state index in [2.05, 4.69) is 4.98 Å². The quantitative estimate of drug-likeness (QED) is 0.650. The van der Waals surface area contributed by atoms with Crippen molar-refractivity contribution < 1.29 is 13.2 Å². The van der Waals surface area contributed by atoms with Gasteiger partial charge in [0.25, 0.3) is 0 Å². The standard InChI is InChI=1S/C12H7F3N2S/c13-12(14,15)10-6-17-3-1-8(5-11(17)16-10)9-2-4-18-7-9/h1-7H. The van der Waals surface area contributed by atoms with Crippen LogP contribution in [0.5, 0.6) is 0 Å². The summed E-state index contributed by atoms with van der Waals surface area (Å²) in [5.74, 6) is 0. The van der Waals surface area contributed by atoms with Gasteiger partial charge in [-0.15, -0.1) is 0 Å². The summed E-state index contributed by atoms with van der Waals surface area (Å²) in [6, 6.07) is 5.35. The van der Waals surface area contributed by atoms with Crippen LogP contribution in [0.25, 0.3) is 16.8 Å². The third-order valence-corrected chi connectivity index (χ3v) is 3.29. The van der Waals surface area contributed by atoms with Gasteiger partial charge < -0.3 is 4.40 Å². The zero-order valence-electron chi connectivity index (χ0n) is 8.98. The van der Waals surface area contributed by atoms with Crippen LogP contribution in [-0.4, -0.2) is 9.38 Å². The van der Waals surface area contributed by atoms with Crippen molar-refractivity contribution in [2.45, 2.75) is 6.18 Å². The smallest absolute Gasteiger partial charge is 0.306 e. The fourth-order valence-electron chi connectivity index (χ4n) is 1.73. The van der Waals surface area contributed by atoms with Crippen LogP contribution in [0.2, 0.25) is 0 Å². The van der Waals surface area contributed by atoms with Gasteiger partial charge in [-0.25, -0.2) is 4.98 Å². The Balaban J connectivity index is 2.13. The molecule has 92 valence electrons. The molecule has 6 heteroatoms. The number of imidazole rings is 1. The van der Waals surface area contributed by atoms with E-state index in [0.29, 0.717) is 5.65 Å². The number of thiophene rings is 1. The predicted molar refractivity (Wildman–Crippen MR) is 63.5 cm³/mol. The van der Waals surface area contributed by atoms with E-state index < -0.39 is 11.9 Å². The third kappa shape index (κ3) is 1.88. The summed E-state index contributed by atoms with van der Waals surface area (Å²) in [6.07, 6.45) is -1.83. The van der Waals surface area contributed by atoms with E-state index in [4.69, 9.17) is 0 Å². The van der Waals surface area contributed by atoms with Gasteiger partial charge in [-0.3, -0.25) is 0 Å². The van der Waals surface area contributed by atoms with E-state index in [1.165, 1.54) is 4.40 Å². The number of pyridine rings is 1. The van der Waals surface area contributed by atoms with Crippen molar-refractivity contribution in [3.8, 4) is 11.1 Å². The van der Waals surface area contributed by atoms with Crippen molar-refractivity contribution in [2.24, 2.45) is 0 Å². The maximum atomic E-state index is 12.5. The fraction of sp³-hybridized carbons (Fsp3) is 0.0833. The second-order valence-corrected chi connectivity index (χ2v) is 4.60. The van der Waals surface area contributed by atoms with E-state index in [-0.39, 0.29) is 0 Å². The van der Waals surface area contributed by atoms with Crippen molar-refractivity contribution in [2.75, 3.05) is 0 Å². The summed E-state index contributed by atoms with van der Waals surface area (Å²) in [7, 11) is 0. The summed E-state index contributed by atoms with van der Waals surface area (Å²) in [6.45, 7) is 0. The largest absolute Gasteiger partial charge is 0.434 e. The van der Waals surface area contributed by atoms with E-state index in [0.717, 1.165) is 17.3 Å². The number of nitrogens with zero attached hydrogens (tertiary/aromatic N) is 2. The van der Waals surface area contributed by atoms with Crippen molar-refractivity contribution >= 4 is 17.0 Å². The highest BCUT2D eigenvalue weighted by molar-refractivity contribution is 7.08. The highest BCUT2D eigenvalue weighted by Gasteiger charge is 2.33. The number of halogens is 3. The molecule has 0 amide bonds. The first-order valence-electron chi connectivity index (χ1n) is 5.12. The molecule has 18 heavy (non-hydrogen) atoms. The van der Waals surface area contributed by atoms with Gasteiger partial charge >= 0.3 is 6.18 Å². The van der Waals surface area contributed by atoms with Gasteiger partial charge in [-0.05, 0) is 40.1 Å². The molecule has 2 nitrogen and oxygen atoms in total. The minimum atomic E-state index is -4.41. The topological polar surface area (TPSA) is 17.3 Å². The molecule has 0 bridgehead atoms. The van der Waals surface area contributed by atoms with Crippen LogP contribution >= 0.6 is 11.3 Å². The maximum Gasteiger partial charge on any atom is 0.434 e. The van der Waals surface area contributed by atoms with E-state index in [9.17, 15) is 13.2 Å². The summed E-state index contributed by atoms with van der Waals surface area (Å²) in [5.41, 5.74) is 1.28. The summed E-state index contributed by atoms with van der Waals surface area (Å²) in [5, 5.41) is 3.87. The predicted octanol–water partition coefficient (Wildman–Crippen LogP) is 4.08. The lowest BCUT2D eigenvalue weighted by Crippen LogP contribution is -2.04. The van der Waals surface area contributed by atoms with E-state index >= 15 is 0 Å². The molecule has 0 unspecified atom stereocenters. The average molecular weight is 268 g/mol. The van der Waals surface area contributed by atoms with Crippen LogP contribution in [0.3, 0.4) is 0 Å². The number of rotatable bonds is 1. The molecule has 0 atom stereocenters. The Morgan fingerprint density at radius 3 is 2.67 bits per heavy atom. The Labute approximate surface area is 104 Å². The SMILES string of the molecule is FC(F)(F)c1cn2ccc(-c3ccsc3)cc2n1. The number of hydrogen-bond donors (Lipinski definition) is 0. The molecular formula is C12H7F3N2S. The number of alkyl halides is 3. The highest BCUT2D eigenvalue weighted by atomic mass is 32.1. The molecular weight excluding hydrogens is 261 g/mol. The molecule has 0 spiro atoms. The normalized spacial score (nSPS) is 12.2. The van der Waals surface area contributed by atoms with Gasteiger partial charge in [0.1, 0.15) is 5.65 Å². The zero-order valence-corrected chi connectivity index (χ0v) is 9.79. The number of aromatic nitrogens is 2. The Bertz CT molecular complexity index is 683. The van der Waals surface area contributed by atoms with Crippen LogP contribution < -0.4 is 0 Å². The Morgan fingerprint density at radius 2 is 2.00 bits per heavy atom. The molecule has 0 aliphatic carbocycles. The van der Waals surface area contributed by atoms with Crippen LogP contribution in [0.1, 0.15) is 5.69 Å². The number of fused-ring (bicyclic) bond motifs is 1. The number of hydrogen-bond acceptors (Lipinski definition) is 2. The lowest BCUT2D eigenvalue weighted by molar-refractivity contribution is -0.140. The molecule has 3 rings (SSSR count). The summed E-state index contributed by atoms with van der Waals surface area (Å²) >= 11 is 1.54. The van der Waals surface area contributed by atoms with Crippen molar-refractivity contribution in [3.63, 3.8) is 0 Å². The highest BCUT2D eigenvalue weighted by Crippen LogP contribution is 2.29. The molecule has 0 saturated carbocycles. The molecule has 0 radical (unpaired) electrons. The Kier molecular flexibility index (Phi) is 2.41. The van der Waals surface area contributed by atoms with E-state index in [1.54, 1.807) is 29.7 Å². The third-order valence-electron chi connectivity index (χ3n) is 2.61. The first-order valence-corrected chi connectivity index (χ1v) is 6.07. The van der Waals surface area contributed by atoms with Gasteiger partial charge in [0.15, 0.2) is 5.69 Å². The molecule has 3 aromatic rings. The van der Waals surface area contributed by atoms with E-state index in [1.807, 2.05) is 16.8 Å². The van der Waals surface area contributed by atoms with Crippen molar-refractivity contribution in [3.05, 3.63) is 47.0 Å². The zero-order chi connectivity index (χ0) is 12.8. The lowest BCUT2D eigenvalue weighted by atomic mass is 10.1. The van der Waals surface area contributed by atoms with Gasteiger partial charge in [0.05, 0.1) is 0 Å². The molecule has 3 aromatic heterocycles. The molecule has 0 aliphatic heterocycles. The van der Waals surface area contributed by atoms with Crippen LogP contribution in [0, 0.1) is 0 Å². The average Bonchev–Trinajstić information content (AvgIpc) is 2.96. The molecule has 0 N–H and O–H groups in total. The van der Waals surface area contributed by atoms with Crippen molar-refractivity contribution in [1.29, 1.82) is 0 Å². The fourth-order valence-corrected chi connectivity index (χ4v) is 2.39. The monoisotopic (exact) mass is 268 g/mol. The Morgan fingerprint density at radius 1 is 1.17 bits per heavy atom. The van der Waals surface area contributed by atoms with Gasteiger partial charge in [-0.1, -0.05) is 0 Å². The van der Waals surface area contributed by atoms with Crippen molar-refractivity contribution in [1.82, 2.24) is 9.38 Å². The lowest BCUT2D eigenvalue weighted by Gasteiger charge is -1.98. The van der Waals surface area contributed by atoms with Gasteiger partial charge in [-0.2, -0.15) is 24.5 Å².